The summed E-state index contributed by atoms with van der Waals surface area (Å²) in [6, 6.07) is 0. The molecule has 0 aromatic rings. The van der Waals surface area contributed by atoms with Crippen LogP contribution < -0.4 is 5.32 Å². The molecule has 1 atom stereocenters. The molecule has 2 rings (SSSR count). The molecule has 2 aliphatic rings. The SMILES string of the molecule is CCCC1(C)CCCN(C(=NCC2(CO)CC2)NCC)C1. The van der Waals surface area contributed by atoms with Crippen molar-refractivity contribution in [1.82, 2.24) is 10.2 Å². The molecule has 1 aliphatic heterocycles. The highest BCUT2D eigenvalue weighted by Gasteiger charge is 2.42. The van der Waals surface area contributed by atoms with Crippen molar-refractivity contribution in [2.45, 2.75) is 59.3 Å². The van der Waals surface area contributed by atoms with Crippen LogP contribution in [0.15, 0.2) is 4.99 Å². The van der Waals surface area contributed by atoms with Gasteiger partial charge in [-0.15, -0.1) is 0 Å². The van der Waals surface area contributed by atoms with Gasteiger partial charge in [-0.25, -0.2) is 0 Å². The molecule has 0 aromatic heterocycles. The summed E-state index contributed by atoms with van der Waals surface area (Å²) >= 11 is 0. The molecule has 21 heavy (non-hydrogen) atoms. The van der Waals surface area contributed by atoms with E-state index in [0.29, 0.717) is 5.41 Å². The van der Waals surface area contributed by atoms with Crippen LogP contribution in [0.25, 0.3) is 0 Å². The van der Waals surface area contributed by atoms with Crippen molar-refractivity contribution >= 4 is 5.96 Å². The second-order valence-corrected chi connectivity index (χ2v) is 7.41. The van der Waals surface area contributed by atoms with Gasteiger partial charge in [0.1, 0.15) is 0 Å². The highest BCUT2D eigenvalue weighted by Crippen LogP contribution is 2.45. The number of rotatable bonds is 6. The van der Waals surface area contributed by atoms with Gasteiger partial charge in [-0.05, 0) is 44.4 Å². The van der Waals surface area contributed by atoms with E-state index in [1.54, 1.807) is 0 Å². The number of aliphatic hydroxyl groups excluding tert-OH is 1. The third kappa shape index (κ3) is 4.35. The first-order chi connectivity index (χ1) is 10.1. The molecule has 4 heteroatoms. The Kier molecular flexibility index (Phi) is 5.53. The van der Waals surface area contributed by atoms with Gasteiger partial charge < -0.3 is 15.3 Å². The Balaban J connectivity index is 2.01. The maximum Gasteiger partial charge on any atom is 0.193 e. The molecule has 0 radical (unpaired) electrons. The van der Waals surface area contributed by atoms with Crippen molar-refractivity contribution in [2.24, 2.45) is 15.8 Å². The van der Waals surface area contributed by atoms with E-state index in [1.807, 2.05) is 0 Å². The molecule has 122 valence electrons. The Labute approximate surface area is 130 Å². The van der Waals surface area contributed by atoms with E-state index in [4.69, 9.17) is 4.99 Å². The number of likely N-dealkylation sites (tertiary alicyclic amines) is 1. The molecule has 2 N–H and O–H groups in total. The number of piperidine rings is 1. The second kappa shape index (κ2) is 6.99. The summed E-state index contributed by atoms with van der Waals surface area (Å²) in [5.74, 6) is 1.05. The predicted molar refractivity (Wildman–Crippen MR) is 88.6 cm³/mol. The molecule has 4 nitrogen and oxygen atoms in total. The van der Waals surface area contributed by atoms with Crippen LogP contribution in [0.2, 0.25) is 0 Å². The van der Waals surface area contributed by atoms with E-state index in [9.17, 15) is 5.11 Å². The Bertz CT molecular complexity index is 361. The van der Waals surface area contributed by atoms with Gasteiger partial charge in [0.15, 0.2) is 5.96 Å². The highest BCUT2D eigenvalue weighted by molar-refractivity contribution is 5.80. The Morgan fingerprint density at radius 1 is 1.29 bits per heavy atom. The fourth-order valence-electron chi connectivity index (χ4n) is 3.52. The molecule has 2 fully saturated rings. The van der Waals surface area contributed by atoms with Gasteiger partial charge in [-0.1, -0.05) is 20.3 Å². The van der Waals surface area contributed by atoms with Gasteiger partial charge in [-0.3, -0.25) is 4.99 Å². The maximum atomic E-state index is 9.46. The minimum Gasteiger partial charge on any atom is -0.396 e. The average molecular weight is 295 g/mol. The lowest BCUT2D eigenvalue weighted by molar-refractivity contribution is 0.142. The van der Waals surface area contributed by atoms with Gasteiger partial charge in [-0.2, -0.15) is 0 Å². The summed E-state index contributed by atoms with van der Waals surface area (Å²) in [4.78, 5) is 7.28. The van der Waals surface area contributed by atoms with E-state index in [-0.39, 0.29) is 12.0 Å². The third-order valence-electron chi connectivity index (χ3n) is 5.13. The molecule has 1 saturated carbocycles. The summed E-state index contributed by atoms with van der Waals surface area (Å²) in [6.07, 6.45) is 7.39. The van der Waals surface area contributed by atoms with Gasteiger partial charge >= 0.3 is 0 Å². The largest absolute Gasteiger partial charge is 0.396 e. The smallest absolute Gasteiger partial charge is 0.193 e. The Morgan fingerprint density at radius 2 is 2.05 bits per heavy atom. The number of aliphatic hydroxyl groups is 1. The van der Waals surface area contributed by atoms with Gasteiger partial charge in [0.25, 0.3) is 0 Å². The van der Waals surface area contributed by atoms with Crippen molar-refractivity contribution in [3.8, 4) is 0 Å². The second-order valence-electron chi connectivity index (χ2n) is 7.41. The third-order valence-corrected chi connectivity index (χ3v) is 5.13. The molecular weight excluding hydrogens is 262 g/mol. The van der Waals surface area contributed by atoms with Crippen molar-refractivity contribution < 1.29 is 5.11 Å². The minimum atomic E-state index is 0.100. The zero-order valence-electron chi connectivity index (χ0n) is 14.1. The van der Waals surface area contributed by atoms with Crippen LogP contribution in [0.3, 0.4) is 0 Å². The standard InChI is InChI=1S/C17H33N3O/c1-4-7-16(3)8-6-11-20(13-16)15(18-5-2)19-12-17(14-21)9-10-17/h21H,4-14H2,1-3H3,(H,18,19). The molecule has 0 aromatic carbocycles. The van der Waals surface area contributed by atoms with E-state index in [2.05, 4.69) is 31.0 Å². The molecule has 1 unspecified atom stereocenters. The van der Waals surface area contributed by atoms with Crippen molar-refractivity contribution in [1.29, 1.82) is 0 Å². The lowest BCUT2D eigenvalue weighted by Gasteiger charge is -2.42. The lowest BCUT2D eigenvalue weighted by atomic mass is 9.78. The summed E-state index contributed by atoms with van der Waals surface area (Å²) in [5.41, 5.74) is 0.528. The molecular formula is C17H33N3O. The van der Waals surface area contributed by atoms with Crippen LogP contribution in [0, 0.1) is 10.8 Å². The first-order valence-corrected chi connectivity index (χ1v) is 8.70. The van der Waals surface area contributed by atoms with Crippen molar-refractivity contribution in [3.05, 3.63) is 0 Å². The summed E-state index contributed by atoms with van der Waals surface area (Å²) in [5, 5.41) is 12.9. The molecule has 1 aliphatic carbocycles. The molecule has 0 spiro atoms. The average Bonchev–Trinajstić information content (AvgIpc) is 3.24. The number of hydrogen-bond donors (Lipinski definition) is 2. The fourth-order valence-corrected chi connectivity index (χ4v) is 3.52. The molecule has 1 heterocycles. The van der Waals surface area contributed by atoms with Crippen LogP contribution in [0.5, 0.6) is 0 Å². The predicted octanol–water partition coefficient (Wildman–Crippen LogP) is 2.63. The van der Waals surface area contributed by atoms with E-state index in [1.165, 1.54) is 25.7 Å². The van der Waals surface area contributed by atoms with E-state index >= 15 is 0 Å². The number of hydrogen-bond acceptors (Lipinski definition) is 2. The normalized spacial score (nSPS) is 28.6. The van der Waals surface area contributed by atoms with Gasteiger partial charge in [0.2, 0.25) is 0 Å². The number of nitrogens with zero attached hydrogens (tertiary/aromatic N) is 2. The summed E-state index contributed by atoms with van der Waals surface area (Å²) in [6.45, 7) is 11.0. The zero-order chi connectivity index (χ0) is 15.3. The summed E-state index contributed by atoms with van der Waals surface area (Å²) in [7, 11) is 0. The van der Waals surface area contributed by atoms with E-state index in [0.717, 1.165) is 45.0 Å². The number of aliphatic imine (C=N–C) groups is 1. The van der Waals surface area contributed by atoms with Gasteiger partial charge in [0, 0.05) is 25.0 Å². The molecule has 0 bridgehead atoms. The van der Waals surface area contributed by atoms with Crippen LogP contribution in [-0.4, -0.2) is 48.8 Å². The first kappa shape index (κ1) is 16.6. The monoisotopic (exact) mass is 295 g/mol. The van der Waals surface area contributed by atoms with Crippen LogP contribution in [0.4, 0.5) is 0 Å². The van der Waals surface area contributed by atoms with Crippen molar-refractivity contribution in [3.63, 3.8) is 0 Å². The minimum absolute atomic E-state index is 0.100. The topological polar surface area (TPSA) is 47.9 Å². The van der Waals surface area contributed by atoms with Crippen LogP contribution >= 0.6 is 0 Å². The maximum absolute atomic E-state index is 9.46. The molecule has 1 saturated heterocycles. The Hall–Kier alpha value is -0.770. The summed E-state index contributed by atoms with van der Waals surface area (Å²) < 4.78 is 0. The first-order valence-electron chi connectivity index (χ1n) is 8.70. The molecule has 0 amide bonds. The van der Waals surface area contributed by atoms with Crippen LogP contribution in [0.1, 0.15) is 59.3 Å². The highest BCUT2D eigenvalue weighted by atomic mass is 16.3. The van der Waals surface area contributed by atoms with Crippen molar-refractivity contribution in [2.75, 3.05) is 32.8 Å². The lowest BCUT2D eigenvalue weighted by Crippen LogP contribution is -2.50. The quantitative estimate of drug-likeness (QED) is 0.585. The number of guanidine groups is 1. The van der Waals surface area contributed by atoms with E-state index < -0.39 is 0 Å². The number of nitrogens with one attached hydrogen (secondary N) is 1. The van der Waals surface area contributed by atoms with Crippen LogP contribution in [-0.2, 0) is 0 Å². The van der Waals surface area contributed by atoms with Gasteiger partial charge in [0.05, 0.1) is 13.2 Å². The Morgan fingerprint density at radius 3 is 2.62 bits per heavy atom. The fraction of sp³-hybridized carbons (Fsp3) is 0.941. The zero-order valence-corrected chi connectivity index (χ0v) is 14.1.